The molecule has 0 atom stereocenters. The zero-order valence-corrected chi connectivity index (χ0v) is 10.5. The van der Waals surface area contributed by atoms with Crippen LogP contribution in [0.4, 0.5) is 5.82 Å². The minimum absolute atomic E-state index is 0.519. The Bertz CT molecular complexity index is 706. The second-order valence-electron chi connectivity index (χ2n) is 4.52. The van der Waals surface area contributed by atoms with Crippen LogP contribution in [0.3, 0.4) is 0 Å². The van der Waals surface area contributed by atoms with E-state index in [4.69, 9.17) is 5.73 Å². The van der Waals surface area contributed by atoms with E-state index in [0.717, 1.165) is 23.4 Å². The highest BCUT2D eigenvalue weighted by atomic mass is 15.2. The molecule has 0 spiro atoms. The maximum absolute atomic E-state index is 5.68. The SMILES string of the molecule is CCc1cccc2c(-c3cc(N)n[nH]3)c(C)[nH]c12. The lowest BCUT2D eigenvalue weighted by Crippen LogP contribution is -1.82. The molecule has 1 aromatic carbocycles. The number of aromatic nitrogens is 3. The summed E-state index contributed by atoms with van der Waals surface area (Å²) in [6.07, 6.45) is 1.02. The number of nitrogens with one attached hydrogen (secondary N) is 2. The number of H-pyrrole nitrogens is 2. The molecule has 4 nitrogen and oxygen atoms in total. The molecule has 0 unspecified atom stereocenters. The summed E-state index contributed by atoms with van der Waals surface area (Å²) in [6, 6.07) is 8.25. The van der Waals surface area contributed by atoms with E-state index < -0.39 is 0 Å². The molecule has 0 amide bonds. The van der Waals surface area contributed by atoms with Crippen molar-refractivity contribution in [2.75, 3.05) is 5.73 Å². The molecular weight excluding hydrogens is 224 g/mol. The first-order valence-corrected chi connectivity index (χ1v) is 6.12. The fourth-order valence-electron chi connectivity index (χ4n) is 2.52. The molecule has 2 heterocycles. The van der Waals surface area contributed by atoms with Crippen molar-refractivity contribution in [3.63, 3.8) is 0 Å². The number of aromatic amines is 2. The highest BCUT2D eigenvalue weighted by Gasteiger charge is 2.13. The highest BCUT2D eigenvalue weighted by molar-refractivity contribution is 5.98. The molecule has 0 aliphatic carbocycles. The smallest absolute Gasteiger partial charge is 0.145 e. The predicted molar refractivity (Wildman–Crippen MR) is 74.4 cm³/mol. The molecule has 0 bridgehead atoms. The fraction of sp³-hybridized carbons (Fsp3) is 0.214. The Balaban J connectivity index is 2.33. The normalized spacial score (nSPS) is 11.2. The van der Waals surface area contributed by atoms with Crippen LogP contribution >= 0.6 is 0 Å². The van der Waals surface area contributed by atoms with Gasteiger partial charge in [-0.05, 0) is 18.9 Å². The standard InChI is InChI=1S/C14H16N4/c1-3-9-5-4-6-10-13(8(2)16-14(9)10)11-7-12(15)18-17-11/h4-7,16H,3H2,1-2H3,(H3,15,17,18). The Morgan fingerprint density at radius 2 is 2.17 bits per heavy atom. The molecule has 3 aromatic rings. The summed E-state index contributed by atoms with van der Waals surface area (Å²) in [5, 5.41) is 8.20. The first kappa shape index (κ1) is 10.9. The van der Waals surface area contributed by atoms with Crippen molar-refractivity contribution in [2.24, 2.45) is 0 Å². The van der Waals surface area contributed by atoms with Gasteiger partial charge >= 0.3 is 0 Å². The largest absolute Gasteiger partial charge is 0.382 e. The number of rotatable bonds is 2. The number of fused-ring (bicyclic) bond motifs is 1. The molecule has 0 aliphatic rings. The van der Waals surface area contributed by atoms with Crippen LogP contribution in [0, 0.1) is 6.92 Å². The number of nitrogens with two attached hydrogens (primary N) is 1. The van der Waals surface area contributed by atoms with Crippen molar-refractivity contribution in [1.29, 1.82) is 0 Å². The third kappa shape index (κ3) is 1.49. The molecular formula is C14H16N4. The third-order valence-electron chi connectivity index (χ3n) is 3.36. The van der Waals surface area contributed by atoms with Gasteiger partial charge in [-0.25, -0.2) is 0 Å². The van der Waals surface area contributed by atoms with Crippen LogP contribution in [0.2, 0.25) is 0 Å². The first-order chi connectivity index (χ1) is 8.70. The zero-order chi connectivity index (χ0) is 12.7. The predicted octanol–water partition coefficient (Wildman–Crippen LogP) is 3.01. The van der Waals surface area contributed by atoms with Gasteiger partial charge in [-0.1, -0.05) is 25.1 Å². The van der Waals surface area contributed by atoms with Crippen LogP contribution in [0.1, 0.15) is 18.2 Å². The molecule has 0 fully saturated rings. The maximum Gasteiger partial charge on any atom is 0.145 e. The summed E-state index contributed by atoms with van der Waals surface area (Å²) in [7, 11) is 0. The van der Waals surface area contributed by atoms with Gasteiger partial charge in [0.25, 0.3) is 0 Å². The van der Waals surface area contributed by atoms with E-state index in [1.54, 1.807) is 0 Å². The Hall–Kier alpha value is -2.23. The van der Waals surface area contributed by atoms with Gasteiger partial charge in [-0.2, -0.15) is 5.10 Å². The van der Waals surface area contributed by atoms with E-state index in [1.165, 1.54) is 16.5 Å². The second-order valence-corrected chi connectivity index (χ2v) is 4.52. The average Bonchev–Trinajstić information content (AvgIpc) is 2.91. The number of para-hydroxylation sites is 1. The van der Waals surface area contributed by atoms with Gasteiger partial charge in [0.2, 0.25) is 0 Å². The van der Waals surface area contributed by atoms with Crippen LogP contribution in [0.5, 0.6) is 0 Å². The van der Waals surface area contributed by atoms with Gasteiger partial charge in [-0.15, -0.1) is 0 Å². The highest BCUT2D eigenvalue weighted by Crippen LogP contribution is 2.33. The summed E-state index contributed by atoms with van der Waals surface area (Å²) in [6.45, 7) is 4.24. The van der Waals surface area contributed by atoms with E-state index in [9.17, 15) is 0 Å². The lowest BCUT2D eigenvalue weighted by molar-refractivity contribution is 1.10. The van der Waals surface area contributed by atoms with Crippen molar-refractivity contribution in [3.8, 4) is 11.3 Å². The van der Waals surface area contributed by atoms with Gasteiger partial charge < -0.3 is 10.7 Å². The van der Waals surface area contributed by atoms with Crippen molar-refractivity contribution in [3.05, 3.63) is 35.5 Å². The van der Waals surface area contributed by atoms with Gasteiger partial charge in [0.15, 0.2) is 0 Å². The third-order valence-corrected chi connectivity index (χ3v) is 3.36. The van der Waals surface area contributed by atoms with Crippen LogP contribution < -0.4 is 5.73 Å². The molecule has 3 rings (SSSR count). The molecule has 92 valence electrons. The minimum Gasteiger partial charge on any atom is -0.382 e. The van der Waals surface area contributed by atoms with Crippen molar-refractivity contribution in [1.82, 2.24) is 15.2 Å². The first-order valence-electron chi connectivity index (χ1n) is 6.12. The summed E-state index contributed by atoms with van der Waals surface area (Å²) < 4.78 is 0. The summed E-state index contributed by atoms with van der Waals surface area (Å²) >= 11 is 0. The van der Waals surface area contributed by atoms with Gasteiger partial charge in [0, 0.05) is 28.2 Å². The quantitative estimate of drug-likeness (QED) is 0.644. The lowest BCUT2D eigenvalue weighted by atomic mass is 10.0. The maximum atomic E-state index is 5.68. The molecule has 0 aliphatic heterocycles. The van der Waals surface area contributed by atoms with E-state index >= 15 is 0 Å². The van der Waals surface area contributed by atoms with Crippen LogP contribution in [-0.4, -0.2) is 15.2 Å². The number of anilines is 1. The Morgan fingerprint density at radius 3 is 2.83 bits per heavy atom. The number of benzene rings is 1. The number of nitrogens with zero attached hydrogens (tertiary/aromatic N) is 1. The van der Waals surface area contributed by atoms with Gasteiger partial charge in [0.1, 0.15) is 5.82 Å². The van der Waals surface area contributed by atoms with E-state index in [2.05, 4.69) is 47.2 Å². The van der Waals surface area contributed by atoms with Crippen molar-refractivity contribution < 1.29 is 0 Å². The number of aryl methyl sites for hydroxylation is 2. The lowest BCUT2D eigenvalue weighted by Gasteiger charge is -2.00. The Labute approximate surface area is 105 Å². The molecule has 4 heteroatoms. The molecule has 0 radical (unpaired) electrons. The van der Waals surface area contributed by atoms with Gasteiger partial charge in [-0.3, -0.25) is 5.10 Å². The van der Waals surface area contributed by atoms with E-state index in [1.807, 2.05) is 6.07 Å². The number of nitrogen functional groups attached to an aromatic ring is 1. The molecule has 4 N–H and O–H groups in total. The topological polar surface area (TPSA) is 70.5 Å². The zero-order valence-electron chi connectivity index (χ0n) is 10.5. The van der Waals surface area contributed by atoms with Crippen LogP contribution in [0.25, 0.3) is 22.2 Å². The van der Waals surface area contributed by atoms with E-state index in [-0.39, 0.29) is 0 Å². The summed E-state index contributed by atoms with van der Waals surface area (Å²) in [5.41, 5.74) is 11.5. The van der Waals surface area contributed by atoms with Crippen molar-refractivity contribution in [2.45, 2.75) is 20.3 Å². The Kier molecular flexibility index (Phi) is 2.37. The van der Waals surface area contributed by atoms with Crippen molar-refractivity contribution >= 4 is 16.7 Å². The number of hydrogen-bond donors (Lipinski definition) is 3. The van der Waals surface area contributed by atoms with E-state index in [0.29, 0.717) is 5.82 Å². The summed E-state index contributed by atoms with van der Waals surface area (Å²) in [4.78, 5) is 3.47. The molecule has 18 heavy (non-hydrogen) atoms. The van der Waals surface area contributed by atoms with Crippen LogP contribution in [-0.2, 0) is 6.42 Å². The van der Waals surface area contributed by atoms with Crippen LogP contribution in [0.15, 0.2) is 24.3 Å². The average molecular weight is 240 g/mol. The monoisotopic (exact) mass is 240 g/mol. The fourth-order valence-corrected chi connectivity index (χ4v) is 2.52. The van der Waals surface area contributed by atoms with Gasteiger partial charge in [0.05, 0.1) is 5.69 Å². The minimum atomic E-state index is 0.519. The summed E-state index contributed by atoms with van der Waals surface area (Å²) in [5.74, 6) is 0.519. The molecule has 0 saturated carbocycles. The number of hydrogen-bond acceptors (Lipinski definition) is 2. The second kappa shape index (κ2) is 3.91. The molecule has 2 aromatic heterocycles. The Morgan fingerprint density at radius 1 is 1.33 bits per heavy atom. The molecule has 0 saturated heterocycles.